The van der Waals surface area contributed by atoms with Crippen LogP contribution >= 0.6 is 0 Å². The number of aromatic amines is 1. The first-order valence-electron chi connectivity index (χ1n) is 8.85. The van der Waals surface area contributed by atoms with Crippen molar-refractivity contribution in [3.8, 4) is 0 Å². The van der Waals surface area contributed by atoms with E-state index in [1.807, 2.05) is 6.92 Å². The van der Waals surface area contributed by atoms with Gasteiger partial charge in [-0.05, 0) is 12.8 Å². The number of ether oxygens (including phenoxy) is 2. The Labute approximate surface area is 141 Å². The maximum absolute atomic E-state index is 12.0. The molecule has 7 heteroatoms. The zero-order valence-electron chi connectivity index (χ0n) is 14.4. The van der Waals surface area contributed by atoms with E-state index in [1.165, 1.54) is 36.1 Å². The summed E-state index contributed by atoms with van der Waals surface area (Å²) in [6.07, 6.45) is 5.02. The van der Waals surface area contributed by atoms with Crippen LogP contribution in [0.3, 0.4) is 0 Å². The van der Waals surface area contributed by atoms with Crippen molar-refractivity contribution < 1.29 is 14.6 Å². The van der Waals surface area contributed by atoms with E-state index >= 15 is 0 Å². The lowest BCUT2D eigenvalue weighted by Gasteiger charge is -2.22. The van der Waals surface area contributed by atoms with Crippen LogP contribution in [0, 0.1) is 0 Å². The number of aromatic nitrogens is 2. The Morgan fingerprint density at radius 3 is 2.67 bits per heavy atom. The molecule has 0 radical (unpaired) electrons. The number of unbranched alkanes of at least 4 members (excludes halogenated alkanes) is 4. The van der Waals surface area contributed by atoms with Crippen LogP contribution in [-0.2, 0) is 9.47 Å². The largest absolute Gasteiger partial charge is 0.388 e. The number of nitrogens with zero attached hydrogens (tertiary/aromatic N) is 1. The Kier molecular flexibility index (Phi) is 7.20. The van der Waals surface area contributed by atoms with E-state index in [2.05, 4.69) is 11.9 Å². The quantitative estimate of drug-likeness (QED) is 0.666. The van der Waals surface area contributed by atoms with Crippen molar-refractivity contribution in [2.24, 2.45) is 0 Å². The normalized spacial score (nSPS) is 26.8. The molecule has 0 aliphatic carbocycles. The van der Waals surface area contributed by atoms with E-state index < -0.39 is 29.7 Å². The van der Waals surface area contributed by atoms with E-state index in [0.717, 1.165) is 12.8 Å². The highest BCUT2D eigenvalue weighted by Crippen LogP contribution is 2.32. The first kappa shape index (κ1) is 18.9. The molecule has 1 aliphatic heterocycles. The average molecular weight is 340 g/mol. The van der Waals surface area contributed by atoms with Crippen molar-refractivity contribution in [2.45, 2.75) is 76.9 Å². The molecule has 0 saturated carbocycles. The van der Waals surface area contributed by atoms with Crippen LogP contribution in [0.25, 0.3) is 0 Å². The van der Waals surface area contributed by atoms with Gasteiger partial charge in [-0.3, -0.25) is 14.3 Å². The summed E-state index contributed by atoms with van der Waals surface area (Å²) < 4.78 is 12.9. The van der Waals surface area contributed by atoms with Crippen LogP contribution in [-0.4, -0.2) is 39.6 Å². The molecule has 1 aliphatic rings. The maximum atomic E-state index is 12.0. The Balaban J connectivity index is 2.04. The van der Waals surface area contributed by atoms with Gasteiger partial charge in [0, 0.05) is 18.9 Å². The summed E-state index contributed by atoms with van der Waals surface area (Å²) in [5.41, 5.74) is -1.02. The summed E-state index contributed by atoms with van der Waals surface area (Å²) in [4.78, 5) is 25.5. The minimum Gasteiger partial charge on any atom is -0.388 e. The van der Waals surface area contributed by atoms with Gasteiger partial charge in [-0.15, -0.1) is 0 Å². The Morgan fingerprint density at radius 1 is 1.25 bits per heavy atom. The molecular formula is C17H28N2O5. The lowest BCUT2D eigenvalue weighted by atomic mass is 10.1. The summed E-state index contributed by atoms with van der Waals surface area (Å²) in [6, 6.07) is 1.26. The van der Waals surface area contributed by atoms with Crippen LogP contribution in [0.2, 0.25) is 0 Å². The van der Waals surface area contributed by atoms with E-state index in [-0.39, 0.29) is 6.10 Å². The summed E-state index contributed by atoms with van der Waals surface area (Å²) >= 11 is 0. The van der Waals surface area contributed by atoms with Gasteiger partial charge in [0.2, 0.25) is 0 Å². The number of hydrogen-bond donors (Lipinski definition) is 2. The molecule has 24 heavy (non-hydrogen) atoms. The van der Waals surface area contributed by atoms with Gasteiger partial charge in [-0.1, -0.05) is 39.5 Å². The average Bonchev–Trinajstić information content (AvgIpc) is 2.87. The maximum Gasteiger partial charge on any atom is 0.330 e. The van der Waals surface area contributed by atoms with Gasteiger partial charge in [0.05, 0.1) is 6.10 Å². The fraction of sp³-hybridized carbons (Fsp3) is 0.765. The second-order valence-electron chi connectivity index (χ2n) is 6.23. The molecule has 1 saturated heterocycles. The van der Waals surface area contributed by atoms with Crippen LogP contribution in [0.5, 0.6) is 0 Å². The second kappa shape index (κ2) is 9.15. The topological polar surface area (TPSA) is 93.5 Å². The highest BCUT2D eigenvalue weighted by atomic mass is 16.6. The van der Waals surface area contributed by atoms with Gasteiger partial charge >= 0.3 is 5.69 Å². The van der Waals surface area contributed by atoms with Gasteiger partial charge in [0.15, 0.2) is 6.23 Å². The van der Waals surface area contributed by atoms with Gasteiger partial charge in [0.1, 0.15) is 12.2 Å². The molecule has 1 unspecified atom stereocenters. The zero-order chi connectivity index (χ0) is 17.5. The Morgan fingerprint density at radius 2 is 2.00 bits per heavy atom. The summed E-state index contributed by atoms with van der Waals surface area (Å²) in [7, 11) is 0. The Hall–Kier alpha value is -1.44. The van der Waals surface area contributed by atoms with E-state index in [1.54, 1.807) is 0 Å². The highest BCUT2D eigenvalue weighted by molar-refractivity contribution is 4.93. The minimum absolute atomic E-state index is 0.390. The molecule has 4 atom stereocenters. The summed E-state index contributed by atoms with van der Waals surface area (Å²) in [5, 5.41) is 10.4. The SMILES string of the molecule is CCCCCCCO[C@H]1C(O)[C@@H](CC)O[C@H]1n1ccc(=O)[nH]c1=O. The second-order valence-corrected chi connectivity index (χ2v) is 6.23. The van der Waals surface area contributed by atoms with Gasteiger partial charge in [-0.2, -0.15) is 0 Å². The zero-order valence-corrected chi connectivity index (χ0v) is 14.4. The van der Waals surface area contributed by atoms with E-state index in [9.17, 15) is 14.7 Å². The fourth-order valence-corrected chi connectivity index (χ4v) is 3.01. The molecule has 2 N–H and O–H groups in total. The van der Waals surface area contributed by atoms with Crippen molar-refractivity contribution in [3.05, 3.63) is 33.1 Å². The van der Waals surface area contributed by atoms with Crippen molar-refractivity contribution in [3.63, 3.8) is 0 Å². The monoisotopic (exact) mass is 340 g/mol. The molecule has 2 heterocycles. The first-order chi connectivity index (χ1) is 11.6. The van der Waals surface area contributed by atoms with Crippen LogP contribution in [0.15, 0.2) is 21.9 Å². The van der Waals surface area contributed by atoms with Gasteiger partial charge in [0.25, 0.3) is 5.56 Å². The predicted molar refractivity (Wildman–Crippen MR) is 90.0 cm³/mol. The first-order valence-corrected chi connectivity index (χ1v) is 8.85. The third kappa shape index (κ3) is 4.55. The molecule has 0 bridgehead atoms. The number of H-pyrrole nitrogens is 1. The van der Waals surface area contributed by atoms with Gasteiger partial charge in [-0.25, -0.2) is 4.79 Å². The molecule has 136 valence electrons. The highest BCUT2D eigenvalue weighted by Gasteiger charge is 2.44. The molecule has 1 aromatic heterocycles. The molecule has 0 aromatic carbocycles. The third-order valence-corrected chi connectivity index (χ3v) is 4.40. The number of rotatable bonds is 9. The van der Waals surface area contributed by atoms with Crippen molar-refractivity contribution in [1.29, 1.82) is 0 Å². The molecule has 1 aromatic rings. The molecule has 1 fully saturated rings. The van der Waals surface area contributed by atoms with Crippen LogP contribution in [0.1, 0.15) is 58.6 Å². The lowest BCUT2D eigenvalue weighted by molar-refractivity contribution is -0.0714. The molecular weight excluding hydrogens is 312 g/mol. The van der Waals surface area contributed by atoms with Crippen molar-refractivity contribution >= 4 is 0 Å². The molecule has 7 nitrogen and oxygen atoms in total. The summed E-state index contributed by atoms with van der Waals surface area (Å²) in [5.74, 6) is 0. The van der Waals surface area contributed by atoms with Crippen LogP contribution < -0.4 is 11.2 Å². The lowest BCUT2D eigenvalue weighted by Crippen LogP contribution is -2.39. The predicted octanol–water partition coefficient (Wildman–Crippen LogP) is 1.56. The smallest absolute Gasteiger partial charge is 0.330 e. The van der Waals surface area contributed by atoms with E-state index in [0.29, 0.717) is 13.0 Å². The van der Waals surface area contributed by atoms with Gasteiger partial charge < -0.3 is 14.6 Å². The van der Waals surface area contributed by atoms with Crippen molar-refractivity contribution in [1.82, 2.24) is 9.55 Å². The number of nitrogens with one attached hydrogen (secondary N) is 1. The molecule has 0 spiro atoms. The standard InChI is InChI=1S/C17H28N2O5/c1-3-5-6-7-8-11-23-15-14(21)12(4-2)24-16(15)19-10-9-13(20)18-17(19)22/h9-10,12,14-16,21H,3-8,11H2,1-2H3,(H,18,20,22)/t12-,14?,15+,16-/m1/s1. The fourth-order valence-electron chi connectivity index (χ4n) is 3.01. The Bertz CT molecular complexity index is 611. The van der Waals surface area contributed by atoms with Crippen LogP contribution in [0.4, 0.5) is 0 Å². The van der Waals surface area contributed by atoms with Crippen molar-refractivity contribution in [2.75, 3.05) is 6.61 Å². The minimum atomic E-state index is -0.797. The number of hydrogen-bond acceptors (Lipinski definition) is 5. The van der Waals surface area contributed by atoms with E-state index in [4.69, 9.17) is 9.47 Å². The molecule has 0 amide bonds. The number of aliphatic hydroxyl groups excluding tert-OH is 1. The third-order valence-electron chi connectivity index (χ3n) is 4.40. The number of aliphatic hydroxyl groups is 1. The summed E-state index contributed by atoms with van der Waals surface area (Å²) in [6.45, 7) is 4.59. The molecule has 2 rings (SSSR count).